The Hall–Kier alpha value is -2.25. The maximum Gasteiger partial charge on any atom is 0.220 e. The van der Waals surface area contributed by atoms with E-state index in [0.29, 0.717) is 30.3 Å². The van der Waals surface area contributed by atoms with Crippen LogP contribution in [0.25, 0.3) is 0 Å². The van der Waals surface area contributed by atoms with Crippen LogP contribution in [0.2, 0.25) is 0 Å². The third-order valence-electron chi connectivity index (χ3n) is 4.01. The normalized spacial score (nSPS) is 14.8. The fourth-order valence-corrected chi connectivity index (χ4v) is 2.75. The molecule has 0 spiro atoms. The summed E-state index contributed by atoms with van der Waals surface area (Å²) in [7, 11) is 0. The molecule has 0 fully saturated rings. The zero-order valence-electron chi connectivity index (χ0n) is 12.5. The van der Waals surface area contributed by atoms with Gasteiger partial charge in [-0.2, -0.15) is 0 Å². The summed E-state index contributed by atoms with van der Waals surface area (Å²) in [5.74, 6) is 0.461. The summed E-state index contributed by atoms with van der Waals surface area (Å²) in [6.45, 7) is 3.67. The fourth-order valence-electron chi connectivity index (χ4n) is 2.75. The standard InChI is InChI=1S/C15H19N5O2/c1-9-14(22)12(11(8-21)5-17-9)7-20-3-2-13-10(6-20)4-18-15(16)19-13/h4-5,21-22H,2-3,6-8H2,1H3,(H2,16,18,19). The molecule has 0 aliphatic carbocycles. The summed E-state index contributed by atoms with van der Waals surface area (Å²) >= 11 is 0. The van der Waals surface area contributed by atoms with Gasteiger partial charge in [-0.1, -0.05) is 0 Å². The van der Waals surface area contributed by atoms with Crippen LogP contribution in [0.15, 0.2) is 12.4 Å². The highest BCUT2D eigenvalue weighted by Crippen LogP contribution is 2.27. The number of hydrogen-bond donors (Lipinski definition) is 3. The average Bonchev–Trinajstić information content (AvgIpc) is 2.52. The van der Waals surface area contributed by atoms with Crippen molar-refractivity contribution < 1.29 is 10.2 Å². The second-order valence-corrected chi connectivity index (χ2v) is 5.51. The van der Waals surface area contributed by atoms with Gasteiger partial charge in [0.05, 0.1) is 18.0 Å². The molecule has 116 valence electrons. The van der Waals surface area contributed by atoms with Crippen molar-refractivity contribution in [3.8, 4) is 5.75 Å². The summed E-state index contributed by atoms with van der Waals surface area (Å²) in [4.78, 5) is 14.6. The molecule has 3 heterocycles. The molecule has 0 radical (unpaired) electrons. The maximum absolute atomic E-state index is 10.2. The number of aryl methyl sites for hydroxylation is 1. The fraction of sp³-hybridized carbons (Fsp3) is 0.400. The van der Waals surface area contributed by atoms with Gasteiger partial charge in [0.2, 0.25) is 5.95 Å². The van der Waals surface area contributed by atoms with Gasteiger partial charge >= 0.3 is 0 Å². The number of nitrogen functional groups attached to an aromatic ring is 1. The lowest BCUT2D eigenvalue weighted by Crippen LogP contribution is -2.31. The molecule has 0 amide bonds. The van der Waals surface area contributed by atoms with Gasteiger partial charge in [-0.05, 0) is 6.92 Å². The van der Waals surface area contributed by atoms with Crippen LogP contribution in [0.1, 0.15) is 28.1 Å². The minimum absolute atomic E-state index is 0.139. The molecular formula is C15H19N5O2. The first-order valence-corrected chi connectivity index (χ1v) is 7.18. The van der Waals surface area contributed by atoms with E-state index in [4.69, 9.17) is 5.73 Å². The molecule has 3 rings (SSSR count). The van der Waals surface area contributed by atoms with Crippen molar-refractivity contribution in [2.24, 2.45) is 0 Å². The Balaban J connectivity index is 1.83. The van der Waals surface area contributed by atoms with Crippen LogP contribution >= 0.6 is 0 Å². The first-order chi connectivity index (χ1) is 10.6. The Morgan fingerprint density at radius 3 is 2.91 bits per heavy atom. The highest BCUT2D eigenvalue weighted by Gasteiger charge is 2.21. The molecule has 0 aromatic carbocycles. The van der Waals surface area contributed by atoms with Crippen molar-refractivity contribution in [3.63, 3.8) is 0 Å². The first kappa shape index (κ1) is 14.7. The number of fused-ring (bicyclic) bond motifs is 1. The molecule has 7 heteroatoms. The molecule has 4 N–H and O–H groups in total. The van der Waals surface area contributed by atoms with Crippen molar-refractivity contribution >= 4 is 5.95 Å². The molecule has 0 bridgehead atoms. The van der Waals surface area contributed by atoms with Crippen LogP contribution in [0, 0.1) is 6.92 Å². The van der Waals surface area contributed by atoms with E-state index in [1.807, 2.05) is 0 Å². The lowest BCUT2D eigenvalue weighted by Gasteiger charge is -2.28. The number of aromatic nitrogens is 3. The Bertz CT molecular complexity index is 705. The average molecular weight is 301 g/mol. The number of aromatic hydroxyl groups is 1. The second kappa shape index (κ2) is 5.86. The van der Waals surface area contributed by atoms with Gasteiger partial charge in [0.25, 0.3) is 0 Å². The smallest absolute Gasteiger partial charge is 0.220 e. The molecule has 7 nitrogen and oxygen atoms in total. The summed E-state index contributed by atoms with van der Waals surface area (Å²) < 4.78 is 0. The van der Waals surface area contributed by atoms with Crippen LogP contribution in [-0.4, -0.2) is 36.6 Å². The van der Waals surface area contributed by atoms with Crippen molar-refractivity contribution in [3.05, 3.63) is 40.5 Å². The molecular weight excluding hydrogens is 282 g/mol. The number of nitrogens with zero attached hydrogens (tertiary/aromatic N) is 4. The van der Waals surface area contributed by atoms with Crippen molar-refractivity contribution in [1.29, 1.82) is 0 Å². The molecule has 0 saturated heterocycles. The molecule has 1 aliphatic rings. The molecule has 0 atom stereocenters. The van der Waals surface area contributed by atoms with Gasteiger partial charge in [0.15, 0.2) is 0 Å². The van der Waals surface area contributed by atoms with E-state index in [-0.39, 0.29) is 12.4 Å². The molecule has 2 aromatic heterocycles. The number of anilines is 1. The predicted molar refractivity (Wildman–Crippen MR) is 80.8 cm³/mol. The number of aliphatic hydroxyl groups excluding tert-OH is 1. The third kappa shape index (κ3) is 2.72. The number of nitrogens with two attached hydrogens (primary N) is 1. The molecule has 22 heavy (non-hydrogen) atoms. The van der Waals surface area contributed by atoms with E-state index >= 15 is 0 Å². The van der Waals surface area contributed by atoms with Crippen LogP contribution in [0.4, 0.5) is 5.95 Å². The van der Waals surface area contributed by atoms with Gasteiger partial charge in [-0.3, -0.25) is 9.88 Å². The van der Waals surface area contributed by atoms with E-state index in [9.17, 15) is 10.2 Å². The highest BCUT2D eigenvalue weighted by atomic mass is 16.3. The quantitative estimate of drug-likeness (QED) is 0.758. The number of rotatable bonds is 3. The van der Waals surface area contributed by atoms with Gasteiger partial charge in [-0.15, -0.1) is 0 Å². The van der Waals surface area contributed by atoms with Gasteiger partial charge in [0.1, 0.15) is 5.75 Å². The predicted octanol–water partition coefficient (Wildman–Crippen LogP) is 0.518. The molecule has 0 unspecified atom stereocenters. The lowest BCUT2D eigenvalue weighted by molar-refractivity contribution is 0.232. The second-order valence-electron chi connectivity index (χ2n) is 5.51. The molecule has 1 aliphatic heterocycles. The Labute approximate surface area is 128 Å². The summed E-state index contributed by atoms with van der Waals surface area (Å²) in [5, 5.41) is 19.7. The van der Waals surface area contributed by atoms with E-state index in [2.05, 4.69) is 19.9 Å². The van der Waals surface area contributed by atoms with Gasteiger partial charge in [-0.25, -0.2) is 9.97 Å². The van der Waals surface area contributed by atoms with Crippen molar-refractivity contribution in [1.82, 2.24) is 19.9 Å². The maximum atomic E-state index is 10.2. The number of aliphatic hydroxyl groups is 1. The number of pyridine rings is 1. The molecule has 2 aromatic rings. The van der Waals surface area contributed by atoms with Gasteiger partial charge < -0.3 is 15.9 Å². The number of hydrogen-bond acceptors (Lipinski definition) is 7. The van der Waals surface area contributed by atoms with Crippen LogP contribution in [-0.2, 0) is 26.1 Å². The van der Waals surface area contributed by atoms with Crippen LogP contribution in [0.5, 0.6) is 5.75 Å². The molecule has 0 saturated carbocycles. The Kier molecular flexibility index (Phi) is 3.91. The van der Waals surface area contributed by atoms with E-state index < -0.39 is 0 Å². The van der Waals surface area contributed by atoms with Gasteiger partial charge in [0, 0.05) is 55.1 Å². The van der Waals surface area contributed by atoms with Crippen LogP contribution in [0.3, 0.4) is 0 Å². The zero-order valence-corrected chi connectivity index (χ0v) is 12.5. The highest BCUT2D eigenvalue weighted by molar-refractivity contribution is 5.40. The summed E-state index contributed by atoms with van der Waals surface area (Å²) in [5.41, 5.74) is 9.61. The minimum atomic E-state index is -0.139. The third-order valence-corrected chi connectivity index (χ3v) is 4.01. The Morgan fingerprint density at radius 1 is 1.32 bits per heavy atom. The summed E-state index contributed by atoms with van der Waals surface area (Å²) in [6, 6.07) is 0. The van der Waals surface area contributed by atoms with Crippen molar-refractivity contribution in [2.75, 3.05) is 12.3 Å². The lowest BCUT2D eigenvalue weighted by atomic mass is 10.0. The van der Waals surface area contributed by atoms with E-state index in [1.165, 1.54) is 0 Å². The van der Waals surface area contributed by atoms with Crippen molar-refractivity contribution in [2.45, 2.75) is 33.0 Å². The minimum Gasteiger partial charge on any atom is -0.506 e. The monoisotopic (exact) mass is 301 g/mol. The zero-order chi connectivity index (χ0) is 15.7. The van der Waals surface area contributed by atoms with Crippen LogP contribution < -0.4 is 5.73 Å². The van der Waals surface area contributed by atoms with E-state index in [0.717, 1.165) is 29.8 Å². The Morgan fingerprint density at radius 2 is 2.14 bits per heavy atom. The first-order valence-electron chi connectivity index (χ1n) is 7.18. The van der Waals surface area contributed by atoms with E-state index in [1.54, 1.807) is 19.3 Å². The SMILES string of the molecule is Cc1ncc(CO)c(CN2CCc3nc(N)ncc3C2)c1O. The topological polar surface area (TPSA) is 108 Å². The largest absolute Gasteiger partial charge is 0.506 e. The summed E-state index contributed by atoms with van der Waals surface area (Å²) in [6.07, 6.45) is 4.17.